The van der Waals surface area contributed by atoms with Gasteiger partial charge in [0.05, 0.1) is 0 Å². The predicted octanol–water partition coefficient (Wildman–Crippen LogP) is 5.78. The molecular formula is C25H38N4O. The maximum absolute atomic E-state index is 12.1. The number of piperidine rings is 1. The summed E-state index contributed by atoms with van der Waals surface area (Å²) in [4.78, 5) is 19.8. The number of hydrogen-bond acceptors (Lipinski definition) is 2. The number of amides is 2. The molecule has 1 aromatic heterocycles. The van der Waals surface area contributed by atoms with E-state index in [0.29, 0.717) is 12.5 Å². The number of carbonyl (C=O) groups excluding carboxylic acids is 1. The molecule has 2 heterocycles. The summed E-state index contributed by atoms with van der Waals surface area (Å²) >= 11 is 0. The van der Waals surface area contributed by atoms with Gasteiger partial charge in [-0.3, -0.25) is 4.90 Å². The van der Waals surface area contributed by atoms with Gasteiger partial charge < -0.3 is 15.6 Å². The molecule has 2 amide bonds. The fourth-order valence-corrected chi connectivity index (χ4v) is 4.61. The number of benzene rings is 1. The van der Waals surface area contributed by atoms with Gasteiger partial charge in [0.25, 0.3) is 0 Å². The standard InChI is InChI=1S/C25H38N4O/c1-3-5-7-9-15-29(25(26)30)21-10-11-24-22(18-21)23(19-27-24)20-12-16-28(17-13-20)14-8-6-4-2/h3,10-11,18-20,27H,1,4-9,12-17H2,2H3,(H2,26,30). The number of primary amides is 1. The van der Waals surface area contributed by atoms with Gasteiger partial charge in [-0.25, -0.2) is 4.79 Å². The molecule has 1 fully saturated rings. The highest BCUT2D eigenvalue weighted by atomic mass is 16.2. The van der Waals surface area contributed by atoms with Gasteiger partial charge in [0, 0.05) is 29.3 Å². The third kappa shape index (κ3) is 5.66. The lowest BCUT2D eigenvalue weighted by atomic mass is 9.89. The Morgan fingerprint density at radius 1 is 1.27 bits per heavy atom. The van der Waals surface area contributed by atoms with Gasteiger partial charge in [-0.1, -0.05) is 25.8 Å². The first-order valence-electron chi connectivity index (χ1n) is 11.6. The van der Waals surface area contributed by atoms with Gasteiger partial charge >= 0.3 is 6.03 Å². The number of carbonyl (C=O) groups is 1. The van der Waals surface area contributed by atoms with E-state index >= 15 is 0 Å². The number of hydrogen-bond donors (Lipinski definition) is 2. The Morgan fingerprint density at radius 3 is 2.77 bits per heavy atom. The quantitative estimate of drug-likeness (QED) is 0.364. The van der Waals surface area contributed by atoms with Crippen LogP contribution in [0.5, 0.6) is 0 Å². The number of nitrogens with zero attached hydrogens (tertiary/aromatic N) is 2. The number of fused-ring (bicyclic) bond motifs is 1. The predicted molar refractivity (Wildman–Crippen MR) is 127 cm³/mol. The molecule has 0 radical (unpaired) electrons. The lowest BCUT2D eigenvalue weighted by Gasteiger charge is -2.32. The van der Waals surface area contributed by atoms with Crippen molar-refractivity contribution in [1.82, 2.24) is 9.88 Å². The van der Waals surface area contributed by atoms with Crippen LogP contribution >= 0.6 is 0 Å². The van der Waals surface area contributed by atoms with Gasteiger partial charge in [-0.15, -0.1) is 6.58 Å². The Labute approximate surface area is 181 Å². The molecule has 5 heteroatoms. The van der Waals surface area contributed by atoms with Crippen molar-refractivity contribution in [3.63, 3.8) is 0 Å². The number of urea groups is 1. The summed E-state index contributed by atoms with van der Waals surface area (Å²) in [6.07, 6.45) is 13.3. The number of rotatable bonds is 11. The summed E-state index contributed by atoms with van der Waals surface area (Å²) in [6.45, 7) is 10.3. The van der Waals surface area contributed by atoms with Gasteiger partial charge in [0.1, 0.15) is 0 Å². The topological polar surface area (TPSA) is 65.4 Å². The Kier molecular flexibility index (Phi) is 8.38. The number of anilines is 1. The average molecular weight is 411 g/mol. The first-order valence-corrected chi connectivity index (χ1v) is 11.6. The fourth-order valence-electron chi connectivity index (χ4n) is 4.61. The molecule has 0 aliphatic carbocycles. The van der Waals surface area contributed by atoms with Crippen LogP contribution in [0.15, 0.2) is 37.1 Å². The number of unbranched alkanes of at least 4 members (excludes halogenated alkanes) is 4. The molecule has 0 saturated carbocycles. The zero-order valence-electron chi connectivity index (χ0n) is 18.5. The van der Waals surface area contributed by atoms with E-state index in [0.717, 1.165) is 30.5 Å². The highest BCUT2D eigenvalue weighted by Crippen LogP contribution is 2.35. The minimum Gasteiger partial charge on any atom is -0.361 e. The van der Waals surface area contributed by atoms with Crippen LogP contribution < -0.4 is 10.6 Å². The van der Waals surface area contributed by atoms with Crippen molar-refractivity contribution < 1.29 is 4.79 Å². The fraction of sp³-hybridized carbons (Fsp3) is 0.560. The van der Waals surface area contributed by atoms with Crippen molar-refractivity contribution >= 4 is 22.6 Å². The first kappa shape index (κ1) is 22.4. The Bertz CT molecular complexity index is 820. The minimum absolute atomic E-state index is 0.384. The van der Waals surface area contributed by atoms with Gasteiger partial charge in [-0.2, -0.15) is 0 Å². The second-order valence-electron chi connectivity index (χ2n) is 8.57. The smallest absolute Gasteiger partial charge is 0.319 e. The molecule has 0 unspecified atom stereocenters. The lowest BCUT2D eigenvalue weighted by molar-refractivity contribution is 0.209. The molecule has 1 aromatic carbocycles. The van der Waals surface area contributed by atoms with E-state index in [4.69, 9.17) is 5.73 Å². The van der Waals surface area contributed by atoms with E-state index in [1.54, 1.807) is 4.90 Å². The number of nitrogens with one attached hydrogen (secondary N) is 1. The third-order valence-electron chi connectivity index (χ3n) is 6.42. The minimum atomic E-state index is -0.384. The van der Waals surface area contributed by atoms with Crippen LogP contribution in [0, 0.1) is 0 Å². The summed E-state index contributed by atoms with van der Waals surface area (Å²) in [5.41, 5.74) is 9.12. The third-order valence-corrected chi connectivity index (χ3v) is 6.42. The lowest BCUT2D eigenvalue weighted by Crippen LogP contribution is -2.36. The maximum Gasteiger partial charge on any atom is 0.319 e. The van der Waals surface area contributed by atoms with Gasteiger partial charge in [-0.05, 0) is 87.8 Å². The maximum atomic E-state index is 12.1. The van der Waals surface area contributed by atoms with Gasteiger partial charge in [0.15, 0.2) is 0 Å². The molecule has 3 N–H and O–H groups in total. The van der Waals surface area contributed by atoms with Crippen LogP contribution in [0.3, 0.4) is 0 Å². The molecule has 0 spiro atoms. The second-order valence-corrected chi connectivity index (χ2v) is 8.57. The van der Waals surface area contributed by atoms with Crippen molar-refractivity contribution in [3.8, 4) is 0 Å². The number of nitrogens with two attached hydrogens (primary N) is 1. The summed E-state index contributed by atoms with van der Waals surface area (Å²) in [5.74, 6) is 0.575. The van der Waals surface area contributed by atoms with Crippen LogP contribution in [0.4, 0.5) is 10.5 Å². The molecule has 30 heavy (non-hydrogen) atoms. The summed E-state index contributed by atoms with van der Waals surface area (Å²) in [6, 6.07) is 5.84. The highest BCUT2D eigenvalue weighted by Gasteiger charge is 2.23. The molecule has 3 rings (SSSR count). The average Bonchev–Trinajstić information content (AvgIpc) is 3.17. The summed E-state index contributed by atoms with van der Waals surface area (Å²) in [5, 5.41) is 1.23. The molecule has 1 saturated heterocycles. The molecule has 2 aromatic rings. The molecule has 1 aliphatic rings. The number of aromatic amines is 1. The first-order chi connectivity index (χ1) is 14.6. The normalized spacial score (nSPS) is 15.5. The zero-order chi connectivity index (χ0) is 21.3. The Balaban J connectivity index is 1.70. The van der Waals surface area contributed by atoms with E-state index < -0.39 is 0 Å². The Morgan fingerprint density at radius 2 is 2.07 bits per heavy atom. The van der Waals surface area contributed by atoms with E-state index in [1.807, 2.05) is 12.1 Å². The van der Waals surface area contributed by atoms with Crippen LogP contribution in [0.1, 0.15) is 69.8 Å². The van der Waals surface area contributed by atoms with Crippen molar-refractivity contribution in [2.24, 2.45) is 5.73 Å². The van der Waals surface area contributed by atoms with Gasteiger partial charge in [0.2, 0.25) is 0 Å². The second kappa shape index (κ2) is 11.2. The van der Waals surface area contributed by atoms with Crippen LogP contribution in [-0.4, -0.2) is 42.1 Å². The number of aromatic nitrogens is 1. The zero-order valence-corrected chi connectivity index (χ0v) is 18.5. The van der Waals surface area contributed by atoms with Crippen molar-refractivity contribution in [3.05, 3.63) is 42.6 Å². The highest BCUT2D eigenvalue weighted by molar-refractivity contribution is 5.95. The van der Waals surface area contributed by atoms with Crippen molar-refractivity contribution in [1.29, 1.82) is 0 Å². The van der Waals surface area contributed by atoms with Crippen LogP contribution in [0.2, 0.25) is 0 Å². The largest absolute Gasteiger partial charge is 0.361 e. The molecule has 1 aliphatic heterocycles. The molecule has 5 nitrogen and oxygen atoms in total. The SMILES string of the molecule is C=CCCCCN(C(N)=O)c1ccc2[nH]cc(C3CCN(CCCCC)CC3)c2c1. The van der Waals surface area contributed by atoms with Crippen LogP contribution in [-0.2, 0) is 0 Å². The summed E-state index contributed by atoms with van der Waals surface area (Å²) < 4.78 is 0. The van der Waals surface area contributed by atoms with Crippen molar-refractivity contribution in [2.75, 3.05) is 31.1 Å². The molecule has 0 bridgehead atoms. The van der Waals surface area contributed by atoms with Crippen molar-refractivity contribution in [2.45, 2.75) is 64.2 Å². The van der Waals surface area contributed by atoms with E-state index in [2.05, 4.69) is 41.7 Å². The molecule has 0 atom stereocenters. The van der Waals surface area contributed by atoms with Crippen LogP contribution in [0.25, 0.3) is 10.9 Å². The molecular weight excluding hydrogens is 372 g/mol. The number of H-pyrrole nitrogens is 1. The summed E-state index contributed by atoms with van der Waals surface area (Å²) in [7, 11) is 0. The number of allylic oxidation sites excluding steroid dienone is 1. The molecule has 164 valence electrons. The number of likely N-dealkylation sites (tertiary alicyclic amines) is 1. The van der Waals surface area contributed by atoms with E-state index in [1.165, 1.54) is 62.7 Å². The Hall–Kier alpha value is -2.27. The monoisotopic (exact) mass is 410 g/mol. The van der Waals surface area contributed by atoms with E-state index in [9.17, 15) is 4.79 Å². The van der Waals surface area contributed by atoms with E-state index in [-0.39, 0.29) is 6.03 Å².